The fourth-order valence-electron chi connectivity index (χ4n) is 0.264. The molecule has 17 heavy (non-hydrogen) atoms. The van der Waals surface area contributed by atoms with Gasteiger partial charge in [0.1, 0.15) is 0 Å². The molecule has 0 aromatic rings. The zero-order valence-electron chi connectivity index (χ0n) is 9.76. The van der Waals surface area contributed by atoms with E-state index in [4.69, 9.17) is 0 Å². The van der Waals surface area contributed by atoms with Crippen LogP contribution in [0.1, 0.15) is 27.7 Å². The molecule has 0 bridgehead atoms. The van der Waals surface area contributed by atoms with E-state index in [0.29, 0.717) is 0 Å². The van der Waals surface area contributed by atoms with Crippen molar-refractivity contribution in [3.63, 3.8) is 0 Å². The first kappa shape index (κ1) is 20.8. The summed E-state index contributed by atoms with van der Waals surface area (Å²) in [6, 6.07) is 0. The maximum atomic E-state index is 9.60. The van der Waals surface area contributed by atoms with Crippen molar-refractivity contribution in [2.45, 2.75) is 27.7 Å². The van der Waals surface area contributed by atoms with E-state index in [9.17, 15) is 20.8 Å². The minimum absolute atomic E-state index is 0. The number of hydrogen-bond donors (Lipinski definition) is 0. The Hall–Kier alpha value is -1.61. The van der Waals surface area contributed by atoms with E-state index in [2.05, 4.69) is 20.6 Å². The second-order valence-corrected chi connectivity index (χ2v) is 2.71. The van der Waals surface area contributed by atoms with E-state index >= 15 is 0 Å². The summed E-state index contributed by atoms with van der Waals surface area (Å²) in [5.74, 6) is 0. The molecule has 101 valence electrons. The van der Waals surface area contributed by atoms with Crippen molar-refractivity contribution in [3.05, 3.63) is 20.8 Å². The molecular weight excluding hydrogens is 275 g/mol. The summed E-state index contributed by atoms with van der Waals surface area (Å²) in [6.07, 6.45) is 0. The van der Waals surface area contributed by atoms with Crippen molar-refractivity contribution in [1.29, 1.82) is 0 Å². The van der Waals surface area contributed by atoms with Gasteiger partial charge in [-0.2, -0.15) is 0 Å². The summed E-state index contributed by atoms with van der Waals surface area (Å²) in [7, 11) is 0. The van der Waals surface area contributed by atoms with Crippen LogP contribution in [0.25, 0.3) is 0 Å². The van der Waals surface area contributed by atoms with Crippen molar-refractivity contribution in [2.24, 2.45) is 20.6 Å². The molecule has 0 N–H and O–H groups in total. The standard InChI is InChI=1S/2C4H8N2O2.Co/c2*1-3(5-7)4(2)6-8;/h2*7-8H,1-2H3;/p-4. The van der Waals surface area contributed by atoms with Gasteiger partial charge >= 0.3 is 0 Å². The first-order valence-electron chi connectivity index (χ1n) is 4.12. The van der Waals surface area contributed by atoms with E-state index in [1.807, 2.05) is 0 Å². The van der Waals surface area contributed by atoms with Crippen molar-refractivity contribution in [3.8, 4) is 0 Å². The molecule has 0 aliphatic carbocycles. The van der Waals surface area contributed by atoms with E-state index < -0.39 is 0 Å². The molecule has 0 aromatic carbocycles. The summed E-state index contributed by atoms with van der Waals surface area (Å²) in [5.41, 5.74) is 0.556. The van der Waals surface area contributed by atoms with Crippen LogP contribution in [-0.4, -0.2) is 22.8 Å². The molecule has 1 radical (unpaired) electrons. The van der Waals surface area contributed by atoms with Gasteiger partial charge < -0.3 is 41.5 Å². The zero-order valence-corrected chi connectivity index (χ0v) is 10.8. The second-order valence-electron chi connectivity index (χ2n) is 2.71. The number of nitrogens with zero attached hydrogens (tertiary/aromatic N) is 4. The van der Waals surface area contributed by atoms with Gasteiger partial charge in [0, 0.05) is 39.6 Å². The van der Waals surface area contributed by atoms with Crippen LogP contribution in [0, 0.1) is 20.8 Å². The quantitative estimate of drug-likeness (QED) is 0.563. The van der Waals surface area contributed by atoms with Crippen LogP contribution in [0.5, 0.6) is 0 Å². The Labute approximate surface area is 109 Å². The summed E-state index contributed by atoms with van der Waals surface area (Å²) < 4.78 is 0. The summed E-state index contributed by atoms with van der Waals surface area (Å²) >= 11 is 0. The van der Waals surface area contributed by atoms with Gasteiger partial charge in [-0.15, -0.1) is 0 Å². The first-order valence-corrected chi connectivity index (χ1v) is 4.12. The number of rotatable bonds is 2. The number of hydrogen-bond acceptors (Lipinski definition) is 8. The van der Waals surface area contributed by atoms with E-state index in [0.717, 1.165) is 0 Å². The molecule has 0 aliphatic heterocycles. The molecule has 0 aromatic heterocycles. The van der Waals surface area contributed by atoms with Gasteiger partial charge in [0.25, 0.3) is 0 Å². The van der Waals surface area contributed by atoms with Gasteiger partial charge in [-0.25, -0.2) is 0 Å². The van der Waals surface area contributed by atoms with Gasteiger partial charge in [0.05, 0.1) is 0 Å². The molecular formula is C8H12CoN4O4-4. The van der Waals surface area contributed by atoms with Crippen LogP contribution in [0.4, 0.5) is 0 Å². The van der Waals surface area contributed by atoms with Gasteiger partial charge in [-0.05, 0) is 27.7 Å². The van der Waals surface area contributed by atoms with Gasteiger partial charge in [-0.1, -0.05) is 0 Å². The Morgan fingerprint density at radius 1 is 0.529 bits per heavy atom. The average Bonchev–Trinajstić information content (AvgIpc) is 2.35. The van der Waals surface area contributed by atoms with Crippen molar-refractivity contribution in [2.75, 3.05) is 0 Å². The van der Waals surface area contributed by atoms with Crippen LogP contribution < -0.4 is 0 Å². The Morgan fingerprint density at radius 3 is 0.706 bits per heavy atom. The molecule has 0 amide bonds. The summed E-state index contributed by atoms with van der Waals surface area (Å²) in [5, 5.41) is 48.4. The van der Waals surface area contributed by atoms with Crippen LogP contribution in [0.15, 0.2) is 20.6 Å². The van der Waals surface area contributed by atoms with E-state index in [1.54, 1.807) is 0 Å². The third kappa shape index (κ3) is 10.7. The minimum Gasteiger partial charge on any atom is -0.792 e. The topological polar surface area (TPSA) is 142 Å². The Bertz CT molecular complexity index is 261. The average molecular weight is 287 g/mol. The third-order valence-corrected chi connectivity index (χ3v) is 1.59. The molecule has 9 heteroatoms. The molecule has 0 atom stereocenters. The molecule has 0 heterocycles. The Balaban J connectivity index is -0.000000218. The summed E-state index contributed by atoms with van der Waals surface area (Å²) in [4.78, 5) is 0. The molecule has 8 nitrogen and oxygen atoms in total. The van der Waals surface area contributed by atoms with E-state index in [-0.39, 0.29) is 39.6 Å². The minimum atomic E-state index is 0. The summed E-state index contributed by atoms with van der Waals surface area (Å²) in [6.45, 7) is 5.74. The normalized spacial score (nSPS) is 13.4. The van der Waals surface area contributed by atoms with Crippen molar-refractivity contribution >= 4 is 22.8 Å². The maximum absolute atomic E-state index is 9.60. The zero-order chi connectivity index (χ0) is 13.1. The Kier molecular flexibility index (Phi) is 15.2. The predicted octanol–water partition coefficient (Wildman–Crippen LogP) is 1.81. The van der Waals surface area contributed by atoms with Crippen molar-refractivity contribution < 1.29 is 16.8 Å². The Morgan fingerprint density at radius 2 is 0.647 bits per heavy atom. The molecule has 0 fully saturated rings. The van der Waals surface area contributed by atoms with Crippen LogP contribution in [0.3, 0.4) is 0 Å². The van der Waals surface area contributed by atoms with Gasteiger partial charge in [-0.3, -0.25) is 0 Å². The fourth-order valence-corrected chi connectivity index (χ4v) is 0.264. The monoisotopic (exact) mass is 287 g/mol. The molecule has 0 spiro atoms. The molecule has 0 unspecified atom stereocenters. The largest absolute Gasteiger partial charge is 0.792 e. The first-order chi connectivity index (χ1) is 7.44. The van der Waals surface area contributed by atoms with Crippen molar-refractivity contribution in [1.82, 2.24) is 0 Å². The van der Waals surface area contributed by atoms with Gasteiger partial charge in [0.15, 0.2) is 0 Å². The molecule has 0 rings (SSSR count). The fraction of sp³-hybridized carbons (Fsp3) is 0.500. The van der Waals surface area contributed by atoms with Crippen LogP contribution in [-0.2, 0) is 16.8 Å². The molecule has 0 saturated carbocycles. The predicted molar refractivity (Wildman–Crippen MR) is 65.9 cm³/mol. The third-order valence-electron chi connectivity index (χ3n) is 1.59. The second kappa shape index (κ2) is 12.5. The van der Waals surface area contributed by atoms with Gasteiger partial charge in [0.2, 0.25) is 0 Å². The molecule has 0 aliphatic rings. The smallest absolute Gasteiger partial charge is 0.0465 e. The molecule has 0 saturated heterocycles. The van der Waals surface area contributed by atoms with Crippen LogP contribution >= 0.6 is 0 Å². The van der Waals surface area contributed by atoms with Crippen LogP contribution in [0.2, 0.25) is 0 Å². The SMILES string of the molecule is CC(=N[O-])C(C)=N[O-].CC(=N[O-])C(C)=N[O-].[Co]. The van der Waals surface area contributed by atoms with E-state index in [1.165, 1.54) is 27.7 Å². The maximum Gasteiger partial charge on any atom is 0.0465 e.